The number of ether oxygens (including phenoxy) is 4. The van der Waals surface area contributed by atoms with Gasteiger partial charge in [-0.2, -0.15) is 0 Å². The lowest BCUT2D eigenvalue weighted by atomic mass is 10.2. The largest absolute Gasteiger partial charge is 0.414 e. The molecule has 64 heavy (non-hydrogen) atoms. The van der Waals surface area contributed by atoms with Gasteiger partial charge in [0.05, 0.1) is 84.6 Å². The highest BCUT2D eigenvalue weighted by atomic mass is 16.6. The van der Waals surface area contributed by atoms with E-state index in [9.17, 15) is 19.2 Å². The number of nitrogens with zero attached hydrogens (tertiary/aromatic N) is 8. The van der Waals surface area contributed by atoms with Gasteiger partial charge in [0.15, 0.2) is 0 Å². The van der Waals surface area contributed by atoms with Gasteiger partial charge in [-0.1, -0.05) is 24.3 Å². The van der Waals surface area contributed by atoms with Crippen molar-refractivity contribution in [1.29, 1.82) is 0 Å². The van der Waals surface area contributed by atoms with Crippen LogP contribution in [0, 0.1) is 0 Å². The van der Waals surface area contributed by atoms with E-state index in [1.54, 1.807) is 80.6 Å². The van der Waals surface area contributed by atoms with E-state index < -0.39 is 0 Å². The fraction of sp³-hybridized carbons (Fsp3) is 0.417. The van der Waals surface area contributed by atoms with Crippen LogP contribution in [0.25, 0.3) is 0 Å². The molecular formula is C48H76N8O8+4. The summed E-state index contributed by atoms with van der Waals surface area (Å²) in [7, 11) is 38.0. The molecule has 352 valence electrons. The molecule has 0 aliphatic rings. The molecule has 0 bridgehead atoms. The molecule has 4 aromatic rings. The molecule has 0 spiro atoms. The molecule has 0 unspecified atom stereocenters. The highest BCUT2D eigenvalue weighted by Gasteiger charge is 2.18. The Bertz CT molecular complexity index is 1830. The van der Waals surface area contributed by atoms with Crippen molar-refractivity contribution in [2.45, 2.75) is 0 Å². The zero-order valence-electron chi connectivity index (χ0n) is 42.1. The minimum Gasteiger partial charge on any atom is -0.410 e. The van der Waals surface area contributed by atoms with Crippen LogP contribution in [-0.4, -0.2) is 185 Å². The van der Waals surface area contributed by atoms with Gasteiger partial charge in [0.2, 0.25) is 0 Å². The van der Waals surface area contributed by atoms with Crippen molar-refractivity contribution in [2.24, 2.45) is 0 Å². The Morgan fingerprint density at radius 2 is 0.469 bits per heavy atom. The van der Waals surface area contributed by atoms with Crippen molar-refractivity contribution < 1.29 is 38.1 Å². The van der Waals surface area contributed by atoms with E-state index >= 15 is 0 Å². The van der Waals surface area contributed by atoms with Gasteiger partial charge >= 0.3 is 24.4 Å². The first kappa shape index (κ1) is 55.8. The summed E-state index contributed by atoms with van der Waals surface area (Å²) in [5.41, 5.74) is 4.35. The Balaban J connectivity index is 0.000000427. The first-order valence-corrected chi connectivity index (χ1v) is 20.5. The molecule has 0 heterocycles. The lowest BCUT2D eigenvalue weighted by Crippen LogP contribution is -2.34. The molecule has 0 saturated heterocycles. The zero-order valence-corrected chi connectivity index (χ0v) is 42.1. The van der Waals surface area contributed by atoms with E-state index in [0.29, 0.717) is 40.9 Å². The summed E-state index contributed by atoms with van der Waals surface area (Å²) in [6.45, 7) is 0. The molecule has 4 aromatic carbocycles. The van der Waals surface area contributed by atoms with Gasteiger partial charge in [-0.25, -0.2) is 19.2 Å². The predicted octanol–water partition coefficient (Wildman–Crippen LogP) is 7.77. The van der Waals surface area contributed by atoms with Crippen LogP contribution in [-0.2, 0) is 0 Å². The second-order valence-corrected chi connectivity index (χ2v) is 19.1. The van der Waals surface area contributed by atoms with E-state index in [1.165, 1.54) is 19.6 Å². The second kappa shape index (κ2) is 24.0. The van der Waals surface area contributed by atoms with Crippen molar-refractivity contribution in [2.75, 3.05) is 141 Å². The van der Waals surface area contributed by atoms with E-state index in [1.807, 2.05) is 72.8 Å². The number of hydrogen-bond donors (Lipinski definition) is 0. The smallest absolute Gasteiger partial charge is 0.410 e. The first-order valence-electron chi connectivity index (χ1n) is 20.5. The Morgan fingerprint density at radius 1 is 0.312 bits per heavy atom. The first-order chi connectivity index (χ1) is 29.2. The monoisotopic (exact) mass is 893 g/mol. The van der Waals surface area contributed by atoms with E-state index in [-0.39, 0.29) is 24.4 Å². The molecule has 0 radical (unpaired) electrons. The molecule has 0 aliphatic carbocycles. The topological polar surface area (TPSA) is 118 Å². The van der Waals surface area contributed by atoms with E-state index in [0.717, 1.165) is 22.7 Å². The number of benzene rings is 4. The molecular weight excluding hydrogens is 817 g/mol. The summed E-state index contributed by atoms with van der Waals surface area (Å²) in [4.78, 5) is 51.1. The Labute approximate surface area is 382 Å². The van der Waals surface area contributed by atoms with Crippen molar-refractivity contribution in [3.8, 4) is 23.0 Å². The zero-order chi connectivity index (χ0) is 49.4. The number of hydrogen-bond acceptors (Lipinski definition) is 8. The van der Waals surface area contributed by atoms with Gasteiger partial charge < -0.3 is 38.5 Å². The quantitative estimate of drug-likeness (QED) is 0.165. The number of amides is 4. The third-order valence-corrected chi connectivity index (χ3v) is 8.65. The highest BCUT2D eigenvalue weighted by Crippen LogP contribution is 2.26. The van der Waals surface area contributed by atoms with E-state index in [4.69, 9.17) is 18.9 Å². The summed E-state index contributed by atoms with van der Waals surface area (Å²) in [5.74, 6) is 2.29. The third kappa shape index (κ3) is 20.8. The van der Waals surface area contributed by atoms with Crippen LogP contribution < -0.4 is 36.9 Å². The van der Waals surface area contributed by atoms with Gasteiger partial charge in [0, 0.05) is 80.6 Å². The molecule has 16 heteroatoms. The maximum atomic E-state index is 11.4. The fourth-order valence-electron chi connectivity index (χ4n) is 4.63. The molecule has 0 N–H and O–H groups in total. The second-order valence-electron chi connectivity index (χ2n) is 19.1. The minimum absolute atomic E-state index is 0.362. The standard InChI is InChI=1S/4C12H19N2O2/c4*1-13(2)12(15)16-11-8-6-7-10(9-11)14(3,4)5/h4*6-9H,1-5H3/q4*+1. The number of carbonyl (C=O) groups is 4. The molecule has 0 fully saturated rings. The highest BCUT2D eigenvalue weighted by molar-refractivity contribution is 5.72. The molecule has 16 nitrogen and oxygen atoms in total. The fourth-order valence-corrected chi connectivity index (χ4v) is 4.63. The Kier molecular flexibility index (Phi) is 21.0. The molecule has 0 atom stereocenters. The minimum atomic E-state index is -0.362. The number of rotatable bonds is 8. The number of quaternary nitrogens is 4. The van der Waals surface area contributed by atoms with Gasteiger partial charge in [-0.15, -0.1) is 0 Å². The third-order valence-electron chi connectivity index (χ3n) is 8.65. The molecule has 4 rings (SSSR count). The van der Waals surface area contributed by atoms with Crippen LogP contribution in [0.2, 0.25) is 0 Å². The van der Waals surface area contributed by atoms with Crippen LogP contribution >= 0.6 is 0 Å². The maximum Gasteiger partial charge on any atom is 0.414 e. The van der Waals surface area contributed by atoms with E-state index in [2.05, 4.69) is 84.6 Å². The summed E-state index contributed by atoms with van der Waals surface area (Å²) in [5, 5.41) is 0. The average molecular weight is 893 g/mol. The normalized spacial score (nSPS) is 11.1. The summed E-state index contributed by atoms with van der Waals surface area (Å²) in [6, 6.07) is 30.2. The predicted molar refractivity (Wildman–Crippen MR) is 263 cm³/mol. The van der Waals surface area contributed by atoms with Crippen LogP contribution in [0.1, 0.15) is 0 Å². The lowest BCUT2D eigenvalue weighted by molar-refractivity contribution is 0.171. The summed E-state index contributed by atoms with van der Waals surface area (Å²) in [6.07, 6.45) is -1.45. The van der Waals surface area contributed by atoms with Crippen LogP contribution in [0.15, 0.2) is 97.1 Å². The van der Waals surface area contributed by atoms with Gasteiger partial charge in [0.25, 0.3) is 0 Å². The van der Waals surface area contributed by atoms with Crippen molar-refractivity contribution in [3.63, 3.8) is 0 Å². The maximum absolute atomic E-state index is 11.4. The van der Waals surface area contributed by atoms with Crippen molar-refractivity contribution in [3.05, 3.63) is 97.1 Å². The molecule has 4 amide bonds. The SMILES string of the molecule is CN(C)C(=O)Oc1cccc([N+](C)(C)C)c1.CN(C)C(=O)Oc1cccc([N+](C)(C)C)c1.CN(C)C(=O)Oc1cccc([N+](C)(C)C)c1.CN(C)C(=O)Oc1cccc([N+](C)(C)C)c1. The van der Waals surface area contributed by atoms with Crippen LogP contribution in [0.4, 0.5) is 41.9 Å². The average Bonchev–Trinajstić information content (AvgIpc) is 3.17. The lowest BCUT2D eigenvalue weighted by Gasteiger charge is -2.23. The number of carbonyl (C=O) groups excluding carboxylic acids is 4. The van der Waals surface area contributed by atoms with Gasteiger partial charge in [-0.05, 0) is 48.5 Å². The summed E-state index contributed by atoms with van der Waals surface area (Å²) >= 11 is 0. The molecule has 0 saturated carbocycles. The van der Waals surface area contributed by atoms with Crippen molar-refractivity contribution in [1.82, 2.24) is 37.5 Å². The van der Waals surface area contributed by atoms with Crippen molar-refractivity contribution >= 4 is 47.1 Å². The summed E-state index contributed by atoms with van der Waals surface area (Å²) < 4.78 is 23.5. The van der Waals surface area contributed by atoms with Gasteiger partial charge in [-0.3, -0.25) is 17.9 Å². The Morgan fingerprint density at radius 3 is 0.594 bits per heavy atom. The van der Waals surface area contributed by atoms with Crippen LogP contribution in [0.3, 0.4) is 0 Å². The van der Waals surface area contributed by atoms with Gasteiger partial charge in [0.1, 0.15) is 45.7 Å². The molecule has 0 aliphatic heterocycles. The Hall–Kier alpha value is -6.20. The molecule has 0 aromatic heterocycles. The van der Waals surface area contributed by atoms with Crippen LogP contribution in [0.5, 0.6) is 23.0 Å².